The Morgan fingerprint density at radius 1 is 1.16 bits per heavy atom. The third-order valence-corrected chi connectivity index (χ3v) is 6.29. The number of hydrogen-bond donors (Lipinski definition) is 1. The number of fused-ring (bicyclic) bond motifs is 1. The van der Waals surface area contributed by atoms with E-state index < -0.39 is 28.6 Å². The number of nitrogens with zero attached hydrogens (tertiary/aromatic N) is 5. The smallest absolute Gasteiger partial charge is 0.376 e. The Kier molecular flexibility index (Phi) is 5.48. The lowest BCUT2D eigenvalue weighted by Gasteiger charge is -2.26. The van der Waals surface area contributed by atoms with Gasteiger partial charge in [0.25, 0.3) is 5.56 Å². The Morgan fingerprint density at radius 3 is 2.44 bits per heavy atom. The summed E-state index contributed by atoms with van der Waals surface area (Å²) in [7, 11) is 1.52. The molecule has 11 heteroatoms. The van der Waals surface area contributed by atoms with Crippen molar-refractivity contribution in [1.29, 1.82) is 0 Å². The van der Waals surface area contributed by atoms with Crippen LogP contribution < -0.4 is 11.2 Å². The van der Waals surface area contributed by atoms with Crippen LogP contribution in [0.3, 0.4) is 0 Å². The first-order chi connectivity index (χ1) is 15.0. The molecule has 32 heavy (non-hydrogen) atoms. The fraction of sp³-hybridized carbons (Fsp3) is 0.524. The van der Waals surface area contributed by atoms with Gasteiger partial charge in [-0.05, 0) is 31.7 Å². The molecule has 0 spiro atoms. The van der Waals surface area contributed by atoms with Crippen molar-refractivity contribution in [1.82, 2.24) is 23.7 Å². The largest absolute Gasteiger partial charge is 0.421 e. The molecular weight excluding hydrogens is 427 g/mol. The Balaban J connectivity index is 1.70. The first-order valence-electron chi connectivity index (χ1n) is 10.4. The molecule has 0 bridgehead atoms. The monoisotopic (exact) mass is 451 g/mol. The van der Waals surface area contributed by atoms with Crippen LogP contribution in [0.2, 0.25) is 0 Å². The molecule has 1 atom stereocenters. The van der Waals surface area contributed by atoms with Gasteiger partial charge in [-0.25, -0.2) is 9.78 Å². The molecule has 172 valence electrons. The standard InChI is InChI=1S/C21H24F3N5O3/c1-20(32,21(22,23)24)14-7-8-15(25-9-14)11-29-18(30)16-17(27(2)19(29)31)26-12-28(16)10-13-5-3-4-6-13/h7-9,12-13,32H,3-6,10-11H2,1-2H3. The van der Waals surface area contributed by atoms with Gasteiger partial charge in [0.15, 0.2) is 16.8 Å². The predicted octanol–water partition coefficient (Wildman–Crippen LogP) is 2.30. The minimum absolute atomic E-state index is 0.215. The number of aliphatic hydroxyl groups is 1. The molecule has 1 fully saturated rings. The van der Waals surface area contributed by atoms with Crippen LogP contribution in [0.1, 0.15) is 43.9 Å². The Hall–Kier alpha value is -2.95. The molecule has 1 aliphatic carbocycles. The van der Waals surface area contributed by atoms with Gasteiger partial charge in [-0.1, -0.05) is 18.9 Å². The summed E-state index contributed by atoms with van der Waals surface area (Å²) in [5, 5.41) is 9.79. The number of hydrogen-bond acceptors (Lipinski definition) is 5. The lowest BCUT2D eigenvalue weighted by atomic mass is 9.97. The second-order valence-corrected chi connectivity index (χ2v) is 8.56. The van der Waals surface area contributed by atoms with Crippen molar-refractivity contribution in [3.05, 3.63) is 56.8 Å². The maximum Gasteiger partial charge on any atom is 0.421 e. The molecular formula is C21H24F3N5O3. The van der Waals surface area contributed by atoms with Gasteiger partial charge in [0.2, 0.25) is 0 Å². The summed E-state index contributed by atoms with van der Waals surface area (Å²) in [4.78, 5) is 34.2. The molecule has 8 nitrogen and oxygen atoms in total. The van der Waals surface area contributed by atoms with Crippen LogP contribution in [0.5, 0.6) is 0 Å². The highest BCUT2D eigenvalue weighted by molar-refractivity contribution is 5.70. The zero-order valence-electron chi connectivity index (χ0n) is 17.8. The summed E-state index contributed by atoms with van der Waals surface area (Å²) in [5.74, 6) is 0.452. The summed E-state index contributed by atoms with van der Waals surface area (Å²) in [5.41, 5.74) is -3.79. The van der Waals surface area contributed by atoms with Crippen LogP contribution in [0.15, 0.2) is 34.2 Å². The van der Waals surface area contributed by atoms with Crippen LogP contribution in [-0.4, -0.2) is 35.0 Å². The Labute approximate surface area is 181 Å². The zero-order chi connectivity index (χ0) is 23.3. The topological polar surface area (TPSA) is 94.9 Å². The molecule has 0 amide bonds. The maximum atomic E-state index is 13.2. The Morgan fingerprint density at radius 2 is 1.84 bits per heavy atom. The quantitative estimate of drug-likeness (QED) is 0.642. The zero-order valence-corrected chi connectivity index (χ0v) is 17.8. The van der Waals surface area contributed by atoms with Crippen molar-refractivity contribution in [3.8, 4) is 0 Å². The molecule has 1 unspecified atom stereocenters. The second kappa shape index (κ2) is 7.88. The lowest BCUT2D eigenvalue weighted by Crippen LogP contribution is -2.40. The summed E-state index contributed by atoms with van der Waals surface area (Å²) in [6, 6.07) is 2.36. The highest BCUT2D eigenvalue weighted by Crippen LogP contribution is 2.38. The van der Waals surface area contributed by atoms with E-state index in [4.69, 9.17) is 0 Å². The van der Waals surface area contributed by atoms with Gasteiger partial charge in [0, 0.05) is 25.4 Å². The molecule has 3 heterocycles. The molecule has 1 aliphatic rings. The number of alkyl halides is 3. The molecule has 3 aromatic heterocycles. The van der Waals surface area contributed by atoms with Crippen molar-refractivity contribution >= 4 is 11.2 Å². The van der Waals surface area contributed by atoms with Gasteiger partial charge in [-0.2, -0.15) is 13.2 Å². The van der Waals surface area contributed by atoms with E-state index in [0.717, 1.165) is 42.5 Å². The summed E-state index contributed by atoms with van der Waals surface area (Å²) < 4.78 is 43.2. The maximum absolute atomic E-state index is 13.2. The van der Waals surface area contributed by atoms with Gasteiger partial charge >= 0.3 is 11.9 Å². The highest BCUT2D eigenvalue weighted by Gasteiger charge is 2.51. The minimum atomic E-state index is -4.87. The first kappa shape index (κ1) is 22.3. The number of pyridine rings is 1. The average Bonchev–Trinajstić information content (AvgIpc) is 3.39. The summed E-state index contributed by atoms with van der Waals surface area (Å²) >= 11 is 0. The molecule has 0 aliphatic heterocycles. The molecule has 0 aromatic carbocycles. The van der Waals surface area contributed by atoms with Gasteiger partial charge in [-0.3, -0.25) is 18.9 Å². The average molecular weight is 451 g/mol. The van der Waals surface area contributed by atoms with E-state index in [1.807, 2.05) is 0 Å². The molecule has 0 radical (unpaired) electrons. The van der Waals surface area contributed by atoms with Crippen molar-refractivity contribution in [2.24, 2.45) is 13.0 Å². The molecule has 3 aromatic rings. The predicted molar refractivity (Wildman–Crippen MR) is 110 cm³/mol. The van der Waals surface area contributed by atoms with E-state index in [1.165, 1.54) is 17.7 Å². The van der Waals surface area contributed by atoms with Crippen LogP contribution in [0.25, 0.3) is 11.2 Å². The summed E-state index contributed by atoms with van der Waals surface area (Å²) in [6.07, 6.45) is 2.08. The van der Waals surface area contributed by atoms with Gasteiger partial charge in [-0.15, -0.1) is 0 Å². The van der Waals surface area contributed by atoms with Gasteiger partial charge in [0.05, 0.1) is 18.6 Å². The fourth-order valence-corrected chi connectivity index (χ4v) is 4.20. The van der Waals surface area contributed by atoms with E-state index >= 15 is 0 Å². The third kappa shape index (κ3) is 3.74. The van der Waals surface area contributed by atoms with E-state index in [9.17, 15) is 27.9 Å². The summed E-state index contributed by atoms with van der Waals surface area (Å²) in [6.45, 7) is 1.07. The second-order valence-electron chi connectivity index (χ2n) is 8.56. The Bertz CT molecular complexity index is 1250. The van der Waals surface area contributed by atoms with Crippen molar-refractivity contribution in [2.75, 3.05) is 0 Å². The van der Waals surface area contributed by atoms with Gasteiger partial charge < -0.3 is 9.67 Å². The molecule has 1 saturated carbocycles. The third-order valence-electron chi connectivity index (χ3n) is 6.29. The molecule has 0 saturated heterocycles. The highest BCUT2D eigenvalue weighted by atomic mass is 19.4. The van der Waals surface area contributed by atoms with Crippen LogP contribution >= 0.6 is 0 Å². The number of aryl methyl sites for hydroxylation is 1. The van der Waals surface area contributed by atoms with Crippen molar-refractivity contribution in [3.63, 3.8) is 0 Å². The lowest BCUT2D eigenvalue weighted by molar-refractivity contribution is -0.259. The molecule has 1 N–H and O–H groups in total. The van der Waals surface area contributed by atoms with E-state index in [2.05, 4.69) is 9.97 Å². The SMILES string of the molecule is Cn1c(=O)n(Cc2ccc(C(C)(O)C(F)(F)F)cn2)c(=O)c2c1ncn2CC1CCCC1. The number of rotatable bonds is 5. The van der Waals surface area contributed by atoms with Gasteiger partial charge in [0.1, 0.15) is 0 Å². The minimum Gasteiger partial charge on any atom is -0.376 e. The van der Waals surface area contributed by atoms with E-state index in [-0.39, 0.29) is 12.2 Å². The van der Waals surface area contributed by atoms with Crippen molar-refractivity contribution in [2.45, 2.75) is 57.5 Å². The van der Waals surface area contributed by atoms with Crippen LogP contribution in [-0.2, 0) is 25.7 Å². The van der Waals surface area contributed by atoms with Crippen LogP contribution in [0.4, 0.5) is 13.2 Å². The van der Waals surface area contributed by atoms with E-state index in [0.29, 0.717) is 30.6 Å². The first-order valence-corrected chi connectivity index (χ1v) is 10.4. The number of aromatic nitrogens is 5. The number of halogens is 3. The van der Waals surface area contributed by atoms with Crippen LogP contribution in [0, 0.1) is 5.92 Å². The molecule has 4 rings (SSSR count). The number of imidazole rings is 1. The van der Waals surface area contributed by atoms with Crippen molar-refractivity contribution < 1.29 is 18.3 Å². The normalized spacial score (nSPS) is 17.2. The fourth-order valence-electron chi connectivity index (χ4n) is 4.20. The van der Waals surface area contributed by atoms with E-state index in [1.54, 1.807) is 10.9 Å².